The average molecular weight is 290 g/mol. The molecule has 20 heavy (non-hydrogen) atoms. The molecule has 2 N–H and O–H groups in total. The van der Waals surface area contributed by atoms with Crippen molar-refractivity contribution < 1.29 is 19.7 Å². The summed E-state index contributed by atoms with van der Waals surface area (Å²) in [7, 11) is 0. The zero-order valence-electron chi connectivity index (χ0n) is 13.2. The molecule has 0 amide bonds. The van der Waals surface area contributed by atoms with Crippen molar-refractivity contribution in [2.45, 2.75) is 77.4 Å². The Morgan fingerprint density at radius 1 is 0.800 bits per heavy atom. The largest absolute Gasteiger partial charge is 0.394 e. The molecule has 0 aliphatic rings. The second kappa shape index (κ2) is 16.9. The van der Waals surface area contributed by atoms with Crippen molar-refractivity contribution in [3.05, 3.63) is 0 Å². The van der Waals surface area contributed by atoms with Crippen molar-refractivity contribution in [2.75, 3.05) is 26.4 Å². The van der Waals surface area contributed by atoms with E-state index in [1.54, 1.807) is 0 Å². The predicted octanol–water partition coefficient (Wildman–Crippen LogP) is 3.25. The summed E-state index contributed by atoms with van der Waals surface area (Å²) in [4.78, 5) is 0. The fraction of sp³-hybridized carbons (Fsp3) is 1.00. The lowest BCUT2D eigenvalue weighted by Crippen LogP contribution is -2.20. The molecule has 0 bridgehead atoms. The van der Waals surface area contributed by atoms with Gasteiger partial charge in [-0.25, -0.2) is 0 Å². The number of hydrogen-bond donors (Lipinski definition) is 2. The molecule has 0 rings (SSSR count). The minimum absolute atomic E-state index is 0.0227. The molecule has 0 aromatic heterocycles. The Morgan fingerprint density at radius 3 is 1.90 bits per heavy atom. The van der Waals surface area contributed by atoms with Crippen molar-refractivity contribution in [1.82, 2.24) is 0 Å². The number of hydrogen-bond acceptors (Lipinski definition) is 4. The lowest BCUT2D eigenvalue weighted by Gasteiger charge is -2.11. The fourth-order valence-corrected chi connectivity index (χ4v) is 2.11. The third kappa shape index (κ3) is 15.9. The summed E-state index contributed by atoms with van der Waals surface area (Å²) in [6.07, 6.45) is 12.1. The van der Waals surface area contributed by atoms with Gasteiger partial charge in [-0.05, 0) is 6.42 Å². The molecule has 0 radical (unpaired) electrons. The first-order valence-corrected chi connectivity index (χ1v) is 8.29. The van der Waals surface area contributed by atoms with Crippen LogP contribution in [0.25, 0.3) is 0 Å². The molecule has 4 heteroatoms. The minimum Gasteiger partial charge on any atom is -0.394 e. The van der Waals surface area contributed by atoms with E-state index in [-0.39, 0.29) is 19.8 Å². The molecule has 1 unspecified atom stereocenters. The lowest BCUT2D eigenvalue weighted by atomic mass is 10.1. The van der Waals surface area contributed by atoms with Crippen molar-refractivity contribution in [1.29, 1.82) is 0 Å². The number of ether oxygens (including phenoxy) is 2. The van der Waals surface area contributed by atoms with Crippen molar-refractivity contribution in [3.63, 3.8) is 0 Å². The monoisotopic (exact) mass is 290 g/mol. The summed E-state index contributed by atoms with van der Waals surface area (Å²) in [5.41, 5.74) is 0. The van der Waals surface area contributed by atoms with Gasteiger partial charge in [0.15, 0.2) is 6.29 Å². The third-order valence-electron chi connectivity index (χ3n) is 3.30. The van der Waals surface area contributed by atoms with Gasteiger partial charge in [-0.2, -0.15) is 0 Å². The summed E-state index contributed by atoms with van der Waals surface area (Å²) in [5, 5.41) is 17.9. The average Bonchev–Trinajstić information content (AvgIpc) is 2.45. The Balaban J connectivity index is 3.05. The molecule has 0 fully saturated rings. The molecule has 0 spiro atoms. The second-order valence-corrected chi connectivity index (χ2v) is 5.31. The first-order chi connectivity index (χ1) is 9.81. The summed E-state index contributed by atoms with van der Waals surface area (Å²) in [5.74, 6) is 0. The smallest absolute Gasteiger partial charge is 0.178 e. The summed E-state index contributed by atoms with van der Waals surface area (Å²) >= 11 is 0. The Hall–Kier alpha value is -0.160. The van der Waals surface area contributed by atoms with E-state index in [9.17, 15) is 5.11 Å². The first kappa shape index (κ1) is 19.8. The van der Waals surface area contributed by atoms with E-state index in [1.807, 2.05) is 0 Å². The van der Waals surface area contributed by atoms with E-state index in [0.29, 0.717) is 6.61 Å². The van der Waals surface area contributed by atoms with Gasteiger partial charge in [0.25, 0.3) is 0 Å². The maximum atomic E-state index is 9.39. The van der Waals surface area contributed by atoms with Crippen molar-refractivity contribution >= 4 is 0 Å². The van der Waals surface area contributed by atoms with Crippen LogP contribution in [0, 0.1) is 0 Å². The van der Waals surface area contributed by atoms with Gasteiger partial charge in [-0.1, -0.05) is 64.7 Å². The standard InChI is InChI=1S/C16H34O4/c1-2-3-4-5-6-7-8-9-10-11-13-20-16(18)15-19-14-12-17/h16-18H,2-15H2,1H3. The number of aliphatic hydroxyl groups excluding tert-OH is 2. The lowest BCUT2D eigenvalue weighted by molar-refractivity contribution is -0.140. The molecule has 0 aliphatic carbocycles. The van der Waals surface area contributed by atoms with Crippen LogP contribution in [0.5, 0.6) is 0 Å². The Bertz CT molecular complexity index is 176. The van der Waals surface area contributed by atoms with Crippen LogP contribution >= 0.6 is 0 Å². The van der Waals surface area contributed by atoms with Crippen LogP contribution in [-0.2, 0) is 9.47 Å². The van der Waals surface area contributed by atoms with Gasteiger partial charge in [0.1, 0.15) is 0 Å². The van der Waals surface area contributed by atoms with Crippen LogP contribution in [0.1, 0.15) is 71.1 Å². The Morgan fingerprint density at radius 2 is 1.35 bits per heavy atom. The highest BCUT2D eigenvalue weighted by Crippen LogP contribution is 2.10. The van der Waals surface area contributed by atoms with Crippen LogP contribution in [0.4, 0.5) is 0 Å². The Kier molecular flexibility index (Phi) is 16.8. The molecule has 1 atom stereocenters. The van der Waals surface area contributed by atoms with E-state index >= 15 is 0 Å². The second-order valence-electron chi connectivity index (χ2n) is 5.31. The maximum Gasteiger partial charge on any atom is 0.178 e. The van der Waals surface area contributed by atoms with Crippen molar-refractivity contribution in [2.24, 2.45) is 0 Å². The van der Waals surface area contributed by atoms with Gasteiger partial charge in [0.2, 0.25) is 0 Å². The van der Waals surface area contributed by atoms with E-state index in [1.165, 1.54) is 57.8 Å². The quantitative estimate of drug-likeness (QED) is 0.338. The molecular formula is C16H34O4. The van der Waals surface area contributed by atoms with Crippen LogP contribution in [-0.4, -0.2) is 42.9 Å². The molecule has 0 aromatic carbocycles. The topological polar surface area (TPSA) is 58.9 Å². The molecule has 122 valence electrons. The van der Waals surface area contributed by atoms with E-state index in [4.69, 9.17) is 14.6 Å². The first-order valence-electron chi connectivity index (χ1n) is 8.29. The summed E-state index contributed by atoms with van der Waals surface area (Å²) < 4.78 is 10.2. The predicted molar refractivity (Wildman–Crippen MR) is 81.7 cm³/mol. The minimum atomic E-state index is -0.861. The van der Waals surface area contributed by atoms with Gasteiger partial charge in [0.05, 0.1) is 19.8 Å². The molecule has 0 aromatic rings. The fourth-order valence-electron chi connectivity index (χ4n) is 2.11. The highest BCUT2D eigenvalue weighted by Gasteiger charge is 2.03. The highest BCUT2D eigenvalue weighted by molar-refractivity contribution is 4.48. The SMILES string of the molecule is CCCCCCCCCCCCOC(O)COCCO. The zero-order chi connectivity index (χ0) is 14.9. The zero-order valence-corrected chi connectivity index (χ0v) is 13.2. The van der Waals surface area contributed by atoms with E-state index < -0.39 is 6.29 Å². The molecule has 0 heterocycles. The number of rotatable bonds is 16. The molecule has 4 nitrogen and oxygen atoms in total. The maximum absolute atomic E-state index is 9.39. The number of aliphatic hydroxyl groups is 2. The van der Waals surface area contributed by atoms with E-state index in [2.05, 4.69) is 6.92 Å². The molecule has 0 saturated heterocycles. The van der Waals surface area contributed by atoms with Gasteiger partial charge < -0.3 is 19.7 Å². The van der Waals surface area contributed by atoms with Crippen molar-refractivity contribution in [3.8, 4) is 0 Å². The Labute approximate surface area is 124 Å². The van der Waals surface area contributed by atoms with Crippen LogP contribution < -0.4 is 0 Å². The molecule has 0 aliphatic heterocycles. The van der Waals surface area contributed by atoms with Crippen LogP contribution in [0.15, 0.2) is 0 Å². The van der Waals surface area contributed by atoms with Crippen LogP contribution in [0.3, 0.4) is 0 Å². The van der Waals surface area contributed by atoms with E-state index in [0.717, 1.165) is 6.42 Å². The molecule has 0 saturated carbocycles. The van der Waals surface area contributed by atoms with Gasteiger partial charge in [0, 0.05) is 6.61 Å². The summed E-state index contributed by atoms with van der Waals surface area (Å²) in [6, 6.07) is 0. The number of unbranched alkanes of at least 4 members (excludes halogenated alkanes) is 9. The third-order valence-corrected chi connectivity index (χ3v) is 3.30. The normalized spacial score (nSPS) is 12.8. The summed E-state index contributed by atoms with van der Waals surface area (Å²) in [6.45, 7) is 3.19. The van der Waals surface area contributed by atoms with Gasteiger partial charge >= 0.3 is 0 Å². The van der Waals surface area contributed by atoms with Gasteiger partial charge in [-0.3, -0.25) is 0 Å². The van der Waals surface area contributed by atoms with Crippen LogP contribution in [0.2, 0.25) is 0 Å². The molecular weight excluding hydrogens is 256 g/mol. The highest BCUT2D eigenvalue weighted by atomic mass is 16.6. The van der Waals surface area contributed by atoms with Gasteiger partial charge in [-0.15, -0.1) is 0 Å².